The van der Waals surface area contributed by atoms with E-state index in [1.54, 1.807) is 0 Å². The molecule has 0 aromatic heterocycles. The number of hydrogen-bond donors (Lipinski definition) is 1. The molecule has 1 aliphatic heterocycles. The van der Waals surface area contributed by atoms with E-state index >= 15 is 0 Å². The molecule has 0 aliphatic carbocycles. The molecule has 0 saturated carbocycles. The van der Waals surface area contributed by atoms with Gasteiger partial charge in [0.05, 0.1) is 11.8 Å². The van der Waals surface area contributed by atoms with Gasteiger partial charge in [-0.25, -0.2) is 0 Å². The van der Waals surface area contributed by atoms with Crippen molar-refractivity contribution in [1.29, 1.82) is 0 Å². The summed E-state index contributed by atoms with van der Waals surface area (Å²) in [5.74, 6) is 0.971. The van der Waals surface area contributed by atoms with Crippen LogP contribution < -0.4 is 15.0 Å². The van der Waals surface area contributed by atoms with E-state index in [4.69, 9.17) is 4.74 Å². The minimum Gasteiger partial charge on any atom is -0.489 e. The number of ether oxygens (including phenoxy) is 1. The molecular weight excluding hydrogens is 212 g/mol. The van der Waals surface area contributed by atoms with Crippen molar-refractivity contribution in [3.63, 3.8) is 0 Å². The van der Waals surface area contributed by atoms with Crippen LogP contribution in [0.1, 0.15) is 27.2 Å². The van der Waals surface area contributed by atoms with Crippen molar-refractivity contribution in [2.75, 3.05) is 29.9 Å². The van der Waals surface area contributed by atoms with Crippen LogP contribution in [0.2, 0.25) is 0 Å². The Balaban J connectivity index is 2.29. The van der Waals surface area contributed by atoms with Crippen molar-refractivity contribution in [3.8, 4) is 5.75 Å². The highest BCUT2D eigenvalue weighted by molar-refractivity contribution is 5.78. The molecule has 0 bridgehead atoms. The summed E-state index contributed by atoms with van der Waals surface area (Å²) >= 11 is 0. The van der Waals surface area contributed by atoms with Crippen LogP contribution in [0.25, 0.3) is 0 Å². The molecule has 3 nitrogen and oxygen atoms in total. The average molecular weight is 234 g/mol. The van der Waals surface area contributed by atoms with Crippen LogP contribution in [-0.2, 0) is 0 Å². The number of nitrogens with one attached hydrogen (secondary N) is 1. The normalized spacial score (nSPS) is 14.5. The molecule has 0 radical (unpaired) electrons. The Morgan fingerprint density at radius 3 is 2.94 bits per heavy atom. The molecule has 17 heavy (non-hydrogen) atoms. The molecule has 0 spiro atoms. The SMILES string of the molecule is CCCN1CCNc2c(OC(C)C)cccc21. The predicted octanol–water partition coefficient (Wildman–Crippen LogP) is 3.12. The maximum absolute atomic E-state index is 5.85. The standard InChI is InChI=1S/C14H22N2O/c1-4-9-16-10-8-15-14-12(16)6-5-7-13(14)17-11(2)3/h5-7,11,15H,4,8-10H2,1-3H3. The maximum Gasteiger partial charge on any atom is 0.144 e. The van der Waals surface area contributed by atoms with Crippen LogP contribution in [0, 0.1) is 0 Å². The Kier molecular flexibility index (Phi) is 3.77. The third-order valence-corrected chi connectivity index (χ3v) is 2.88. The summed E-state index contributed by atoms with van der Waals surface area (Å²) in [4.78, 5) is 2.43. The molecule has 1 N–H and O–H groups in total. The zero-order chi connectivity index (χ0) is 12.3. The second kappa shape index (κ2) is 5.30. The Labute approximate surface area is 104 Å². The number of nitrogens with zero attached hydrogens (tertiary/aromatic N) is 1. The average Bonchev–Trinajstić information content (AvgIpc) is 2.30. The van der Waals surface area contributed by atoms with Gasteiger partial charge in [-0.05, 0) is 32.4 Å². The fraction of sp³-hybridized carbons (Fsp3) is 0.571. The van der Waals surface area contributed by atoms with E-state index in [9.17, 15) is 0 Å². The molecule has 0 unspecified atom stereocenters. The van der Waals surface area contributed by atoms with Crippen molar-refractivity contribution in [2.24, 2.45) is 0 Å². The van der Waals surface area contributed by atoms with Gasteiger partial charge >= 0.3 is 0 Å². The summed E-state index contributed by atoms with van der Waals surface area (Å²) in [5.41, 5.74) is 2.43. The number of anilines is 2. The third-order valence-electron chi connectivity index (χ3n) is 2.88. The van der Waals surface area contributed by atoms with Crippen molar-refractivity contribution in [2.45, 2.75) is 33.3 Å². The van der Waals surface area contributed by atoms with Crippen LogP contribution in [-0.4, -0.2) is 25.7 Å². The van der Waals surface area contributed by atoms with Crippen molar-refractivity contribution < 1.29 is 4.74 Å². The molecular formula is C14H22N2O. The number of hydrogen-bond acceptors (Lipinski definition) is 3. The van der Waals surface area contributed by atoms with Crippen LogP contribution in [0.4, 0.5) is 11.4 Å². The molecule has 0 atom stereocenters. The first kappa shape index (κ1) is 12.1. The largest absolute Gasteiger partial charge is 0.489 e. The van der Waals surface area contributed by atoms with Crippen molar-refractivity contribution >= 4 is 11.4 Å². The Morgan fingerprint density at radius 2 is 2.24 bits per heavy atom. The molecule has 3 heteroatoms. The Morgan fingerprint density at radius 1 is 1.41 bits per heavy atom. The van der Waals surface area contributed by atoms with Crippen LogP contribution >= 0.6 is 0 Å². The van der Waals surface area contributed by atoms with Crippen LogP contribution in [0.15, 0.2) is 18.2 Å². The molecule has 2 rings (SSSR count). The molecule has 1 heterocycles. The lowest BCUT2D eigenvalue weighted by molar-refractivity contribution is 0.243. The molecule has 1 aromatic rings. The molecule has 1 aromatic carbocycles. The van der Waals surface area contributed by atoms with E-state index in [1.165, 1.54) is 12.1 Å². The lowest BCUT2D eigenvalue weighted by Gasteiger charge is -2.33. The van der Waals surface area contributed by atoms with Crippen molar-refractivity contribution in [3.05, 3.63) is 18.2 Å². The number of fused-ring (bicyclic) bond motifs is 1. The van der Waals surface area contributed by atoms with E-state index in [0.717, 1.165) is 31.1 Å². The monoisotopic (exact) mass is 234 g/mol. The van der Waals surface area contributed by atoms with Crippen LogP contribution in [0.3, 0.4) is 0 Å². The topological polar surface area (TPSA) is 24.5 Å². The lowest BCUT2D eigenvalue weighted by Crippen LogP contribution is -2.34. The highest BCUT2D eigenvalue weighted by atomic mass is 16.5. The Bertz CT molecular complexity index is 376. The summed E-state index contributed by atoms with van der Waals surface area (Å²) in [7, 11) is 0. The Hall–Kier alpha value is -1.38. The van der Waals surface area contributed by atoms with Gasteiger partial charge in [0.1, 0.15) is 11.4 Å². The van der Waals surface area contributed by atoms with E-state index in [-0.39, 0.29) is 6.10 Å². The highest BCUT2D eigenvalue weighted by Gasteiger charge is 2.19. The molecule has 0 fully saturated rings. The van der Waals surface area contributed by atoms with Crippen molar-refractivity contribution in [1.82, 2.24) is 0 Å². The number of rotatable bonds is 4. The summed E-state index contributed by atoms with van der Waals surface area (Å²) in [6.07, 6.45) is 1.39. The smallest absolute Gasteiger partial charge is 0.144 e. The van der Waals surface area contributed by atoms with E-state index in [0.29, 0.717) is 0 Å². The number of benzene rings is 1. The van der Waals surface area contributed by atoms with Gasteiger partial charge in [-0.2, -0.15) is 0 Å². The minimum absolute atomic E-state index is 0.213. The fourth-order valence-corrected chi connectivity index (χ4v) is 2.25. The summed E-state index contributed by atoms with van der Waals surface area (Å²) in [6, 6.07) is 6.29. The first-order valence-corrected chi connectivity index (χ1v) is 6.51. The van der Waals surface area contributed by atoms with Gasteiger partial charge in [-0.1, -0.05) is 13.0 Å². The number of para-hydroxylation sites is 1. The van der Waals surface area contributed by atoms with Gasteiger partial charge in [0.2, 0.25) is 0 Å². The second-order valence-corrected chi connectivity index (χ2v) is 4.73. The van der Waals surface area contributed by atoms with Gasteiger partial charge in [0.15, 0.2) is 0 Å². The first-order chi connectivity index (χ1) is 8.22. The van der Waals surface area contributed by atoms with Gasteiger partial charge < -0.3 is 15.0 Å². The van der Waals surface area contributed by atoms with Gasteiger partial charge in [-0.3, -0.25) is 0 Å². The quantitative estimate of drug-likeness (QED) is 0.866. The second-order valence-electron chi connectivity index (χ2n) is 4.73. The molecule has 94 valence electrons. The van der Waals surface area contributed by atoms with E-state index < -0.39 is 0 Å². The highest BCUT2D eigenvalue weighted by Crippen LogP contribution is 2.37. The van der Waals surface area contributed by atoms with Gasteiger partial charge in [0, 0.05) is 19.6 Å². The first-order valence-electron chi connectivity index (χ1n) is 6.51. The van der Waals surface area contributed by atoms with Gasteiger partial charge in [-0.15, -0.1) is 0 Å². The predicted molar refractivity (Wildman–Crippen MR) is 73.2 cm³/mol. The summed E-state index contributed by atoms with van der Waals surface area (Å²) in [6.45, 7) is 9.52. The zero-order valence-corrected chi connectivity index (χ0v) is 11.0. The molecule has 0 saturated heterocycles. The lowest BCUT2D eigenvalue weighted by atomic mass is 10.1. The summed E-state index contributed by atoms with van der Waals surface area (Å²) < 4.78 is 5.85. The molecule has 1 aliphatic rings. The van der Waals surface area contributed by atoms with E-state index in [2.05, 4.69) is 43.1 Å². The van der Waals surface area contributed by atoms with Crippen LogP contribution in [0.5, 0.6) is 5.75 Å². The summed E-state index contributed by atoms with van der Waals surface area (Å²) in [5, 5.41) is 3.46. The maximum atomic E-state index is 5.85. The minimum atomic E-state index is 0.213. The third kappa shape index (κ3) is 2.65. The fourth-order valence-electron chi connectivity index (χ4n) is 2.25. The zero-order valence-electron chi connectivity index (χ0n) is 11.0. The van der Waals surface area contributed by atoms with Gasteiger partial charge in [0.25, 0.3) is 0 Å². The molecule has 0 amide bonds. The van der Waals surface area contributed by atoms with E-state index in [1.807, 2.05) is 6.07 Å².